The van der Waals surface area contributed by atoms with E-state index in [2.05, 4.69) is 14.3 Å². The first-order valence-corrected chi connectivity index (χ1v) is 9.52. The van der Waals surface area contributed by atoms with Crippen molar-refractivity contribution in [2.24, 2.45) is 0 Å². The van der Waals surface area contributed by atoms with Gasteiger partial charge >= 0.3 is 0 Å². The van der Waals surface area contributed by atoms with Crippen molar-refractivity contribution in [1.82, 2.24) is 9.97 Å². The lowest BCUT2D eigenvalue weighted by Gasteiger charge is -2.19. The van der Waals surface area contributed by atoms with Crippen LogP contribution in [0.15, 0.2) is 11.7 Å². The first-order valence-electron chi connectivity index (χ1n) is 6.71. The predicted molar refractivity (Wildman–Crippen MR) is 87.6 cm³/mol. The molecule has 0 aliphatic carbocycles. The van der Waals surface area contributed by atoms with Crippen LogP contribution in [0.25, 0.3) is 0 Å². The van der Waals surface area contributed by atoms with E-state index in [0.29, 0.717) is 24.6 Å². The van der Waals surface area contributed by atoms with Crippen LogP contribution in [0.3, 0.4) is 0 Å². The number of phosphoric ester groups is 1. The zero-order chi connectivity index (χ0) is 17.0. The van der Waals surface area contributed by atoms with E-state index in [1.807, 2.05) is 17.0 Å². The van der Waals surface area contributed by atoms with Crippen LogP contribution in [-0.4, -0.2) is 16.6 Å². The minimum atomic E-state index is -4.21. The summed E-state index contributed by atoms with van der Waals surface area (Å²) in [5.41, 5.74) is 9.72. The van der Waals surface area contributed by atoms with Crippen LogP contribution in [0.2, 0.25) is 0 Å². The Hall–Kier alpha value is -0.950. The van der Waals surface area contributed by atoms with Gasteiger partial charge in [0, 0.05) is 29.0 Å². The third kappa shape index (κ3) is 5.01. The molecule has 0 spiro atoms. The SMILES string of the molecule is Cc1ncc(C[n+]2csc(CCOP(=O)([O-])OP)c2C)c(N)n1. The first-order chi connectivity index (χ1) is 10.8. The largest absolute Gasteiger partial charge is 0.756 e. The molecule has 0 fully saturated rings. The summed E-state index contributed by atoms with van der Waals surface area (Å²) in [6.45, 7) is 4.34. The van der Waals surface area contributed by atoms with Crippen molar-refractivity contribution in [1.29, 1.82) is 0 Å². The van der Waals surface area contributed by atoms with Gasteiger partial charge in [-0.05, 0) is 6.92 Å². The normalized spacial score (nSPS) is 13.9. The molecule has 2 rings (SSSR count). The lowest BCUT2D eigenvalue weighted by atomic mass is 10.2. The van der Waals surface area contributed by atoms with Gasteiger partial charge in [0.2, 0.25) is 5.51 Å². The molecule has 0 aromatic carbocycles. The number of anilines is 1. The molecule has 0 bridgehead atoms. The molecule has 0 radical (unpaired) electrons. The number of aryl methyl sites for hydroxylation is 1. The zero-order valence-corrected chi connectivity index (χ0v) is 15.6. The maximum atomic E-state index is 11.1. The maximum absolute atomic E-state index is 11.1. The molecular weight excluding hydrogens is 358 g/mol. The lowest BCUT2D eigenvalue weighted by molar-refractivity contribution is -0.689. The Bertz CT molecular complexity index is 740. The number of hydrogen-bond donors (Lipinski definition) is 1. The summed E-state index contributed by atoms with van der Waals surface area (Å²) in [4.78, 5) is 20.5. The van der Waals surface area contributed by atoms with Crippen molar-refractivity contribution in [3.8, 4) is 0 Å². The van der Waals surface area contributed by atoms with Gasteiger partial charge in [-0.3, -0.25) is 4.57 Å². The fraction of sp³-hybridized carbons (Fsp3) is 0.417. The van der Waals surface area contributed by atoms with E-state index in [1.54, 1.807) is 22.6 Å². The van der Waals surface area contributed by atoms with Crippen LogP contribution >= 0.6 is 28.6 Å². The number of aromatic nitrogens is 3. The van der Waals surface area contributed by atoms with Crippen molar-refractivity contribution >= 4 is 34.4 Å². The highest BCUT2D eigenvalue weighted by atomic mass is 32.1. The molecule has 2 heterocycles. The third-order valence-corrected chi connectivity index (χ3v) is 5.90. The molecule has 0 saturated heterocycles. The average molecular weight is 376 g/mol. The number of nitrogens with zero attached hydrogens (tertiary/aromatic N) is 3. The first kappa shape index (κ1) is 18.4. The Morgan fingerprint density at radius 2 is 2.26 bits per heavy atom. The molecule has 2 unspecified atom stereocenters. The molecule has 0 amide bonds. The van der Waals surface area contributed by atoms with E-state index in [0.717, 1.165) is 16.1 Å². The molecule has 2 aromatic rings. The van der Waals surface area contributed by atoms with Crippen molar-refractivity contribution in [3.63, 3.8) is 0 Å². The smallest absolute Gasteiger partial charge is 0.270 e. The average Bonchev–Trinajstić information content (AvgIpc) is 2.83. The minimum absolute atomic E-state index is 0.0340. The van der Waals surface area contributed by atoms with Crippen LogP contribution in [0.4, 0.5) is 5.82 Å². The predicted octanol–water partition coefficient (Wildman–Crippen LogP) is 0.907. The quantitative estimate of drug-likeness (QED) is 0.564. The Kier molecular flexibility index (Phi) is 6.19. The third-order valence-electron chi connectivity index (χ3n) is 3.22. The molecule has 2 aromatic heterocycles. The summed E-state index contributed by atoms with van der Waals surface area (Å²) in [7, 11) is -2.54. The van der Waals surface area contributed by atoms with Crippen LogP contribution in [0, 0.1) is 13.8 Å². The Labute approximate surface area is 140 Å². The van der Waals surface area contributed by atoms with Crippen molar-refractivity contribution in [2.75, 3.05) is 12.3 Å². The summed E-state index contributed by atoms with van der Waals surface area (Å²) in [6.07, 6.45) is 2.19. The summed E-state index contributed by atoms with van der Waals surface area (Å²) in [5.74, 6) is 1.10. The number of thiazole rings is 1. The van der Waals surface area contributed by atoms with Gasteiger partial charge in [-0.15, -0.1) is 0 Å². The monoisotopic (exact) mass is 376 g/mol. The van der Waals surface area contributed by atoms with Crippen molar-refractivity contribution in [3.05, 3.63) is 33.7 Å². The number of rotatable bonds is 7. The molecule has 126 valence electrons. The van der Waals surface area contributed by atoms with Crippen LogP contribution in [-0.2, 0) is 26.4 Å². The van der Waals surface area contributed by atoms with E-state index in [4.69, 9.17) is 10.3 Å². The molecule has 2 atom stereocenters. The van der Waals surface area contributed by atoms with Gasteiger partial charge in [0.25, 0.3) is 7.82 Å². The summed E-state index contributed by atoms with van der Waals surface area (Å²) >= 11 is 1.53. The van der Waals surface area contributed by atoms with Gasteiger partial charge in [-0.1, -0.05) is 11.3 Å². The highest BCUT2D eigenvalue weighted by molar-refractivity contribution is 7.50. The standard InChI is InChI=1S/C12H18N4O4P2S/c1-8-11(3-4-19-22(17,18)20-21)23-7-16(8)6-10-5-14-9(2)15-12(10)13/h5,7H,3-4,6,21H2,1-2H3,(H2-,13,14,15,17,18). The van der Waals surface area contributed by atoms with E-state index >= 15 is 0 Å². The topological polar surface area (TPSA) is 114 Å². The van der Waals surface area contributed by atoms with E-state index in [9.17, 15) is 9.46 Å². The molecule has 11 heteroatoms. The van der Waals surface area contributed by atoms with Gasteiger partial charge in [0.15, 0.2) is 12.2 Å². The van der Waals surface area contributed by atoms with Gasteiger partial charge in [0.05, 0.1) is 17.0 Å². The molecule has 0 saturated carbocycles. The fourth-order valence-corrected chi connectivity index (χ4v) is 3.48. The molecule has 23 heavy (non-hydrogen) atoms. The summed E-state index contributed by atoms with van der Waals surface area (Å²) in [5, 5.41) is 0. The van der Waals surface area contributed by atoms with Crippen molar-refractivity contribution < 1.29 is 22.9 Å². The summed E-state index contributed by atoms with van der Waals surface area (Å²) < 4.78 is 22.0. The van der Waals surface area contributed by atoms with Gasteiger partial charge < -0.3 is 19.5 Å². The van der Waals surface area contributed by atoms with Gasteiger partial charge in [-0.25, -0.2) is 9.97 Å². The molecule has 2 N–H and O–H groups in total. The number of hydrogen-bond acceptors (Lipinski definition) is 8. The molecule has 0 aliphatic rings. The number of nitrogen functional groups attached to an aromatic ring is 1. The van der Waals surface area contributed by atoms with Crippen LogP contribution < -0.4 is 15.2 Å². The second-order valence-electron chi connectivity index (χ2n) is 4.82. The second-order valence-corrected chi connectivity index (χ2v) is 7.76. The lowest BCUT2D eigenvalue weighted by Crippen LogP contribution is -2.35. The van der Waals surface area contributed by atoms with Crippen LogP contribution in [0.1, 0.15) is 22.0 Å². The van der Waals surface area contributed by atoms with Crippen molar-refractivity contribution in [2.45, 2.75) is 26.8 Å². The highest BCUT2D eigenvalue weighted by Crippen LogP contribution is 2.40. The molecule has 8 nitrogen and oxygen atoms in total. The van der Waals surface area contributed by atoms with E-state index < -0.39 is 7.82 Å². The van der Waals surface area contributed by atoms with Crippen LogP contribution in [0.5, 0.6) is 0 Å². The number of phosphoric acid groups is 1. The Morgan fingerprint density at radius 1 is 1.52 bits per heavy atom. The molecular formula is C12H18N4O4P2S. The van der Waals surface area contributed by atoms with E-state index in [-0.39, 0.29) is 6.61 Å². The van der Waals surface area contributed by atoms with Gasteiger partial charge in [0.1, 0.15) is 11.6 Å². The minimum Gasteiger partial charge on any atom is -0.756 e. The summed E-state index contributed by atoms with van der Waals surface area (Å²) in [6, 6.07) is 0. The zero-order valence-electron chi connectivity index (χ0n) is 12.8. The fourth-order valence-electron chi connectivity index (χ4n) is 1.95. The molecule has 0 aliphatic heterocycles. The highest BCUT2D eigenvalue weighted by Gasteiger charge is 2.18. The number of nitrogens with two attached hydrogens (primary N) is 1. The second kappa shape index (κ2) is 7.75. The van der Waals surface area contributed by atoms with Gasteiger partial charge in [-0.2, -0.15) is 4.57 Å². The Morgan fingerprint density at radius 3 is 2.91 bits per heavy atom. The Balaban J connectivity index is 2.03. The maximum Gasteiger partial charge on any atom is 0.270 e. The van der Waals surface area contributed by atoms with E-state index in [1.165, 1.54) is 11.3 Å².